The predicted molar refractivity (Wildman–Crippen MR) is 110 cm³/mol. The van der Waals surface area contributed by atoms with Gasteiger partial charge < -0.3 is 9.47 Å². The van der Waals surface area contributed by atoms with E-state index in [0.717, 1.165) is 15.6 Å². The molecule has 0 fully saturated rings. The van der Waals surface area contributed by atoms with E-state index in [-0.39, 0.29) is 6.61 Å². The molecule has 132 valence electrons. The lowest BCUT2D eigenvalue weighted by Gasteiger charge is -2.10. The molecule has 0 amide bonds. The Kier molecular flexibility index (Phi) is 6.35. The SMILES string of the molecule is O=C(COc1ccc(-c2ccccc2)cc1Br)Oc1ccc(Cl)cc1Br. The van der Waals surface area contributed by atoms with E-state index in [9.17, 15) is 4.79 Å². The van der Waals surface area contributed by atoms with Gasteiger partial charge in [0.2, 0.25) is 0 Å². The van der Waals surface area contributed by atoms with Gasteiger partial charge in [-0.2, -0.15) is 0 Å². The standard InChI is InChI=1S/C20H13Br2ClO3/c21-16-10-14(13-4-2-1-3-5-13)6-8-18(16)25-12-20(24)26-19-9-7-15(23)11-17(19)22/h1-11H,12H2. The van der Waals surface area contributed by atoms with Crippen LogP contribution in [-0.4, -0.2) is 12.6 Å². The van der Waals surface area contributed by atoms with Gasteiger partial charge in [0.15, 0.2) is 6.61 Å². The largest absolute Gasteiger partial charge is 0.481 e. The first-order valence-electron chi connectivity index (χ1n) is 7.66. The van der Waals surface area contributed by atoms with E-state index in [1.165, 1.54) is 0 Å². The molecule has 3 rings (SSSR count). The van der Waals surface area contributed by atoms with E-state index in [1.54, 1.807) is 18.2 Å². The van der Waals surface area contributed by atoms with Crippen molar-refractivity contribution in [3.05, 3.63) is 80.7 Å². The van der Waals surface area contributed by atoms with Crippen molar-refractivity contribution in [3.8, 4) is 22.6 Å². The third-order valence-electron chi connectivity index (χ3n) is 3.50. The highest BCUT2D eigenvalue weighted by Crippen LogP contribution is 2.31. The molecule has 0 bridgehead atoms. The summed E-state index contributed by atoms with van der Waals surface area (Å²) in [6.07, 6.45) is 0. The van der Waals surface area contributed by atoms with Crippen molar-refractivity contribution in [3.63, 3.8) is 0 Å². The van der Waals surface area contributed by atoms with Gasteiger partial charge in [0.25, 0.3) is 0 Å². The zero-order valence-corrected chi connectivity index (χ0v) is 17.3. The maximum Gasteiger partial charge on any atom is 0.349 e. The third-order valence-corrected chi connectivity index (χ3v) is 4.98. The summed E-state index contributed by atoms with van der Waals surface area (Å²) >= 11 is 12.7. The Morgan fingerprint density at radius 2 is 1.54 bits per heavy atom. The Balaban J connectivity index is 1.63. The Hall–Kier alpha value is -1.82. The summed E-state index contributed by atoms with van der Waals surface area (Å²) in [5.74, 6) is 0.449. The summed E-state index contributed by atoms with van der Waals surface area (Å²) < 4.78 is 12.2. The second kappa shape index (κ2) is 8.71. The minimum atomic E-state index is -0.507. The van der Waals surface area contributed by atoms with Gasteiger partial charge in [-0.15, -0.1) is 0 Å². The quantitative estimate of drug-likeness (QED) is 0.298. The summed E-state index contributed by atoms with van der Waals surface area (Å²) in [5.41, 5.74) is 2.16. The van der Waals surface area contributed by atoms with Crippen LogP contribution in [0.25, 0.3) is 11.1 Å². The molecule has 0 spiro atoms. The topological polar surface area (TPSA) is 35.5 Å². The highest BCUT2D eigenvalue weighted by atomic mass is 79.9. The molecule has 3 aromatic rings. The normalized spacial score (nSPS) is 10.4. The summed E-state index contributed by atoms with van der Waals surface area (Å²) in [6.45, 7) is -0.210. The van der Waals surface area contributed by atoms with Crippen molar-refractivity contribution < 1.29 is 14.3 Å². The van der Waals surface area contributed by atoms with Crippen molar-refractivity contribution in [1.29, 1.82) is 0 Å². The van der Waals surface area contributed by atoms with Crippen LogP contribution in [-0.2, 0) is 4.79 Å². The highest BCUT2D eigenvalue weighted by molar-refractivity contribution is 9.10. The molecule has 0 unspecified atom stereocenters. The lowest BCUT2D eigenvalue weighted by Crippen LogP contribution is -2.18. The Morgan fingerprint density at radius 3 is 2.23 bits per heavy atom. The van der Waals surface area contributed by atoms with Crippen molar-refractivity contribution in [2.24, 2.45) is 0 Å². The van der Waals surface area contributed by atoms with Crippen LogP contribution in [0.2, 0.25) is 5.02 Å². The van der Waals surface area contributed by atoms with Crippen molar-refractivity contribution in [2.45, 2.75) is 0 Å². The van der Waals surface area contributed by atoms with Gasteiger partial charge in [-0.05, 0) is 73.3 Å². The molecule has 3 aromatic carbocycles. The smallest absolute Gasteiger partial charge is 0.349 e. The van der Waals surface area contributed by atoms with E-state index in [1.807, 2.05) is 48.5 Å². The van der Waals surface area contributed by atoms with Crippen LogP contribution in [0.15, 0.2) is 75.7 Å². The first-order chi connectivity index (χ1) is 12.5. The van der Waals surface area contributed by atoms with Crippen molar-refractivity contribution in [1.82, 2.24) is 0 Å². The number of benzene rings is 3. The first kappa shape index (κ1) is 19.0. The number of carbonyl (C=O) groups excluding carboxylic acids is 1. The fourth-order valence-electron chi connectivity index (χ4n) is 2.27. The number of esters is 1. The molecule has 0 heterocycles. The molecular formula is C20H13Br2ClO3. The number of hydrogen-bond donors (Lipinski definition) is 0. The second-order valence-electron chi connectivity index (χ2n) is 5.35. The Labute approximate surface area is 173 Å². The third kappa shape index (κ3) is 4.87. The maximum absolute atomic E-state index is 12.0. The van der Waals surface area contributed by atoms with E-state index < -0.39 is 5.97 Å². The fourth-order valence-corrected chi connectivity index (χ4v) is 3.53. The monoisotopic (exact) mass is 494 g/mol. The molecule has 0 aliphatic rings. The minimum absolute atomic E-state index is 0.210. The van der Waals surface area contributed by atoms with E-state index in [0.29, 0.717) is 21.0 Å². The van der Waals surface area contributed by atoms with Gasteiger partial charge in [-0.3, -0.25) is 0 Å². The Morgan fingerprint density at radius 1 is 0.846 bits per heavy atom. The molecule has 26 heavy (non-hydrogen) atoms. The average molecular weight is 497 g/mol. The predicted octanol–water partition coefficient (Wildman–Crippen LogP) is 6.52. The number of rotatable bonds is 5. The fraction of sp³-hybridized carbons (Fsp3) is 0.0500. The summed E-state index contributed by atoms with van der Waals surface area (Å²) in [7, 11) is 0. The molecule has 0 atom stereocenters. The number of carbonyl (C=O) groups is 1. The zero-order chi connectivity index (χ0) is 18.5. The van der Waals surface area contributed by atoms with Crippen LogP contribution in [0.3, 0.4) is 0 Å². The molecule has 0 aliphatic carbocycles. The lowest BCUT2D eigenvalue weighted by molar-refractivity contribution is -0.136. The molecular weight excluding hydrogens is 483 g/mol. The van der Waals surface area contributed by atoms with E-state index in [4.69, 9.17) is 21.1 Å². The summed E-state index contributed by atoms with van der Waals surface area (Å²) in [4.78, 5) is 12.0. The van der Waals surface area contributed by atoms with Crippen LogP contribution in [0.4, 0.5) is 0 Å². The summed E-state index contributed by atoms with van der Waals surface area (Å²) in [5, 5.41) is 0.551. The maximum atomic E-state index is 12.0. The molecule has 0 radical (unpaired) electrons. The highest BCUT2D eigenvalue weighted by Gasteiger charge is 2.11. The van der Waals surface area contributed by atoms with Gasteiger partial charge in [0.05, 0.1) is 8.95 Å². The Bertz CT molecular complexity index is 930. The van der Waals surface area contributed by atoms with Gasteiger partial charge in [-0.1, -0.05) is 48.0 Å². The van der Waals surface area contributed by atoms with Crippen molar-refractivity contribution in [2.75, 3.05) is 6.61 Å². The second-order valence-corrected chi connectivity index (χ2v) is 7.49. The van der Waals surface area contributed by atoms with Crippen LogP contribution in [0, 0.1) is 0 Å². The number of halogens is 3. The van der Waals surface area contributed by atoms with Gasteiger partial charge in [0, 0.05) is 5.02 Å². The van der Waals surface area contributed by atoms with E-state index >= 15 is 0 Å². The van der Waals surface area contributed by atoms with Crippen molar-refractivity contribution >= 4 is 49.4 Å². The molecule has 0 N–H and O–H groups in total. The minimum Gasteiger partial charge on any atom is -0.481 e. The van der Waals surface area contributed by atoms with Crippen LogP contribution >= 0.6 is 43.5 Å². The van der Waals surface area contributed by atoms with Gasteiger partial charge in [-0.25, -0.2) is 4.79 Å². The summed E-state index contributed by atoms with van der Waals surface area (Å²) in [6, 6.07) is 20.6. The number of ether oxygens (including phenoxy) is 2. The van der Waals surface area contributed by atoms with Gasteiger partial charge in [0.1, 0.15) is 11.5 Å². The molecule has 0 saturated heterocycles. The van der Waals surface area contributed by atoms with Crippen LogP contribution < -0.4 is 9.47 Å². The van der Waals surface area contributed by atoms with Gasteiger partial charge >= 0.3 is 5.97 Å². The molecule has 3 nitrogen and oxygen atoms in total. The first-order valence-corrected chi connectivity index (χ1v) is 9.63. The molecule has 0 aliphatic heterocycles. The zero-order valence-electron chi connectivity index (χ0n) is 13.4. The van der Waals surface area contributed by atoms with E-state index in [2.05, 4.69) is 31.9 Å². The molecule has 0 aromatic heterocycles. The molecule has 6 heteroatoms. The van der Waals surface area contributed by atoms with Crippen LogP contribution in [0.1, 0.15) is 0 Å². The molecule has 0 saturated carbocycles. The lowest BCUT2D eigenvalue weighted by atomic mass is 10.1. The average Bonchev–Trinajstić information content (AvgIpc) is 2.64. The number of hydrogen-bond acceptors (Lipinski definition) is 3. The van der Waals surface area contributed by atoms with Crippen LogP contribution in [0.5, 0.6) is 11.5 Å².